The highest BCUT2D eigenvalue weighted by Gasteiger charge is 2.21. The van der Waals surface area contributed by atoms with Crippen molar-refractivity contribution >= 4 is 11.6 Å². The minimum Gasteiger partial charge on any atom is -0.326 e. The summed E-state index contributed by atoms with van der Waals surface area (Å²) in [6.45, 7) is 9.76. The smallest absolute Gasteiger partial charge is 0.225 e. The fraction of sp³-hybridized carbons (Fsp3) is 0.588. The van der Waals surface area contributed by atoms with Crippen molar-refractivity contribution in [3.05, 3.63) is 29.8 Å². The molecule has 0 bridgehead atoms. The van der Waals surface area contributed by atoms with Gasteiger partial charge in [0.2, 0.25) is 5.91 Å². The number of rotatable bonds is 4. The Hall–Kier alpha value is -1.35. The lowest BCUT2D eigenvalue weighted by Crippen LogP contribution is -2.40. The van der Waals surface area contributed by atoms with Gasteiger partial charge in [-0.05, 0) is 42.9 Å². The average Bonchev–Trinajstić information content (AvgIpc) is 2.35. The number of carbonyl (C=O) groups excluding carboxylic acids is 1. The minimum absolute atomic E-state index is 0.112. The molecule has 0 aliphatic carbocycles. The number of carbonyl (C=O) groups is 1. The van der Waals surface area contributed by atoms with Crippen LogP contribution in [0.4, 0.5) is 5.69 Å². The van der Waals surface area contributed by atoms with Gasteiger partial charge in [0.05, 0.1) is 0 Å². The van der Waals surface area contributed by atoms with Crippen molar-refractivity contribution in [2.75, 3.05) is 25.0 Å². The summed E-state index contributed by atoms with van der Waals surface area (Å²) in [7, 11) is 0. The number of anilines is 1. The molecule has 1 fully saturated rings. The van der Waals surface area contributed by atoms with Gasteiger partial charge in [-0.15, -0.1) is 0 Å². The zero-order valence-corrected chi connectivity index (χ0v) is 12.9. The molecular weight excluding hydrogens is 248 g/mol. The minimum atomic E-state index is 0.112. The predicted octanol–water partition coefficient (Wildman–Crippen LogP) is 3.30. The monoisotopic (exact) mass is 274 g/mol. The average molecular weight is 274 g/mol. The molecule has 1 aromatic carbocycles. The number of likely N-dealkylation sites (tertiary alicyclic amines) is 1. The van der Waals surface area contributed by atoms with Gasteiger partial charge in [0.25, 0.3) is 0 Å². The summed E-state index contributed by atoms with van der Waals surface area (Å²) in [6, 6.07) is 7.95. The first kappa shape index (κ1) is 15.0. The molecule has 0 spiro atoms. The van der Waals surface area contributed by atoms with E-state index >= 15 is 0 Å². The molecular formula is C17H26N2O. The number of hydrogen-bond acceptors (Lipinski definition) is 2. The van der Waals surface area contributed by atoms with E-state index in [1.807, 2.05) is 31.2 Å². The normalized spacial score (nSPS) is 23.6. The van der Waals surface area contributed by atoms with E-state index in [1.54, 1.807) is 0 Å². The molecule has 1 amide bonds. The second-order valence-corrected chi connectivity index (χ2v) is 6.37. The highest BCUT2D eigenvalue weighted by atomic mass is 16.1. The zero-order valence-electron chi connectivity index (χ0n) is 12.9. The molecule has 2 atom stereocenters. The van der Waals surface area contributed by atoms with Gasteiger partial charge in [-0.3, -0.25) is 4.79 Å². The van der Waals surface area contributed by atoms with Gasteiger partial charge in [0.1, 0.15) is 0 Å². The fourth-order valence-corrected chi connectivity index (χ4v) is 3.18. The SMILES string of the molecule is Cc1cccc(NC(=O)CCN2C[C@@H](C)C[C@H](C)C2)c1. The van der Waals surface area contributed by atoms with Crippen LogP contribution in [0.5, 0.6) is 0 Å². The van der Waals surface area contributed by atoms with Gasteiger partial charge in [-0.2, -0.15) is 0 Å². The van der Waals surface area contributed by atoms with Gasteiger partial charge < -0.3 is 10.2 Å². The van der Waals surface area contributed by atoms with Crippen LogP contribution in [0.25, 0.3) is 0 Å². The van der Waals surface area contributed by atoms with Crippen LogP contribution in [0.3, 0.4) is 0 Å². The largest absolute Gasteiger partial charge is 0.326 e. The van der Waals surface area contributed by atoms with Crippen LogP contribution < -0.4 is 5.32 Å². The molecule has 3 nitrogen and oxygen atoms in total. The number of nitrogens with one attached hydrogen (secondary N) is 1. The summed E-state index contributed by atoms with van der Waals surface area (Å²) in [4.78, 5) is 14.4. The van der Waals surface area contributed by atoms with Crippen molar-refractivity contribution < 1.29 is 4.79 Å². The summed E-state index contributed by atoms with van der Waals surface area (Å²) < 4.78 is 0. The molecule has 1 aromatic rings. The van der Waals surface area contributed by atoms with E-state index in [9.17, 15) is 4.79 Å². The highest BCUT2D eigenvalue weighted by molar-refractivity contribution is 5.90. The van der Waals surface area contributed by atoms with Crippen molar-refractivity contribution in [2.24, 2.45) is 11.8 Å². The Morgan fingerprint density at radius 3 is 2.65 bits per heavy atom. The van der Waals surface area contributed by atoms with Crippen molar-refractivity contribution in [1.82, 2.24) is 4.90 Å². The predicted molar refractivity (Wildman–Crippen MR) is 83.8 cm³/mol. The highest BCUT2D eigenvalue weighted by Crippen LogP contribution is 2.21. The first-order valence-electron chi connectivity index (χ1n) is 7.62. The summed E-state index contributed by atoms with van der Waals surface area (Å²) in [5.74, 6) is 1.61. The van der Waals surface area contributed by atoms with Crippen LogP contribution >= 0.6 is 0 Å². The third-order valence-electron chi connectivity index (χ3n) is 3.90. The van der Waals surface area contributed by atoms with Crippen molar-refractivity contribution in [2.45, 2.75) is 33.6 Å². The van der Waals surface area contributed by atoms with Gasteiger partial charge >= 0.3 is 0 Å². The maximum atomic E-state index is 12.0. The first-order valence-corrected chi connectivity index (χ1v) is 7.62. The van der Waals surface area contributed by atoms with E-state index in [2.05, 4.69) is 24.1 Å². The number of amides is 1. The maximum absolute atomic E-state index is 12.0. The lowest BCUT2D eigenvalue weighted by atomic mass is 9.92. The number of piperidine rings is 1. The van der Waals surface area contributed by atoms with E-state index in [0.29, 0.717) is 6.42 Å². The lowest BCUT2D eigenvalue weighted by molar-refractivity contribution is -0.116. The molecule has 1 aliphatic rings. The van der Waals surface area contributed by atoms with Crippen LogP contribution in [-0.2, 0) is 4.79 Å². The van der Waals surface area contributed by atoms with Crippen LogP contribution in [0.2, 0.25) is 0 Å². The molecule has 0 saturated carbocycles. The van der Waals surface area contributed by atoms with E-state index < -0.39 is 0 Å². The van der Waals surface area contributed by atoms with Gasteiger partial charge in [-0.25, -0.2) is 0 Å². The Kier molecular flexibility index (Phi) is 5.18. The van der Waals surface area contributed by atoms with Gasteiger partial charge in [0.15, 0.2) is 0 Å². The summed E-state index contributed by atoms with van der Waals surface area (Å²) in [5.41, 5.74) is 2.07. The van der Waals surface area contributed by atoms with Crippen LogP contribution in [0, 0.1) is 18.8 Å². The zero-order chi connectivity index (χ0) is 14.5. The number of benzene rings is 1. The second-order valence-electron chi connectivity index (χ2n) is 6.37. The molecule has 3 heteroatoms. The third-order valence-corrected chi connectivity index (χ3v) is 3.90. The molecule has 1 saturated heterocycles. The van der Waals surface area contributed by atoms with E-state index in [-0.39, 0.29) is 5.91 Å². The molecule has 0 unspecified atom stereocenters. The number of nitrogens with zero attached hydrogens (tertiary/aromatic N) is 1. The summed E-state index contributed by atoms with van der Waals surface area (Å²) >= 11 is 0. The van der Waals surface area contributed by atoms with Crippen molar-refractivity contribution in [3.63, 3.8) is 0 Å². The standard InChI is InChI=1S/C17H26N2O/c1-13-5-4-6-16(10-13)18-17(20)7-8-19-11-14(2)9-15(3)12-19/h4-6,10,14-15H,7-9,11-12H2,1-3H3,(H,18,20)/t14-,15-/m0/s1. The topological polar surface area (TPSA) is 32.3 Å². The fourth-order valence-electron chi connectivity index (χ4n) is 3.18. The molecule has 1 heterocycles. The maximum Gasteiger partial charge on any atom is 0.225 e. The van der Waals surface area contributed by atoms with E-state index in [1.165, 1.54) is 12.0 Å². The van der Waals surface area contributed by atoms with Gasteiger partial charge in [-0.1, -0.05) is 26.0 Å². The molecule has 110 valence electrons. The number of hydrogen-bond donors (Lipinski definition) is 1. The lowest BCUT2D eigenvalue weighted by Gasteiger charge is -2.34. The van der Waals surface area contributed by atoms with E-state index in [0.717, 1.165) is 37.2 Å². The quantitative estimate of drug-likeness (QED) is 0.913. The number of aryl methyl sites for hydroxylation is 1. The Morgan fingerprint density at radius 1 is 1.30 bits per heavy atom. The first-order chi connectivity index (χ1) is 9.52. The Morgan fingerprint density at radius 2 is 2.00 bits per heavy atom. The molecule has 20 heavy (non-hydrogen) atoms. The van der Waals surface area contributed by atoms with Gasteiger partial charge in [0, 0.05) is 31.7 Å². The molecule has 1 N–H and O–H groups in total. The van der Waals surface area contributed by atoms with E-state index in [4.69, 9.17) is 0 Å². The molecule has 0 aromatic heterocycles. The Balaban J connectivity index is 1.77. The summed E-state index contributed by atoms with van der Waals surface area (Å²) in [5, 5.41) is 2.98. The van der Waals surface area contributed by atoms with Crippen LogP contribution in [-0.4, -0.2) is 30.4 Å². The third kappa shape index (κ3) is 4.64. The summed E-state index contributed by atoms with van der Waals surface area (Å²) in [6.07, 6.45) is 1.89. The molecule has 0 radical (unpaired) electrons. The Labute approximate surface area is 122 Å². The molecule has 2 rings (SSSR count). The van der Waals surface area contributed by atoms with Crippen molar-refractivity contribution in [3.8, 4) is 0 Å². The second kappa shape index (κ2) is 6.89. The molecule has 1 aliphatic heterocycles. The van der Waals surface area contributed by atoms with Crippen molar-refractivity contribution in [1.29, 1.82) is 0 Å². The Bertz CT molecular complexity index is 448. The van der Waals surface area contributed by atoms with Crippen LogP contribution in [0.15, 0.2) is 24.3 Å². The van der Waals surface area contributed by atoms with Crippen LogP contribution in [0.1, 0.15) is 32.3 Å².